The van der Waals surface area contributed by atoms with E-state index >= 15 is 0 Å². The number of carbonyl (C=O) groups is 1. The van der Waals surface area contributed by atoms with Crippen LogP contribution in [0.2, 0.25) is 0 Å². The standard InChI is InChI=1S/C16H12.C6H12O6/c1-2-8-14-10-4-6-12-16(14)15-11-5-3-9-13(15)7-1;7-1-3(9)5(11)6(12)4(10)2-8/h3-6,9-12H,1,7H2;1,3-6,8-12H,2H2. The highest BCUT2D eigenvalue weighted by molar-refractivity contribution is 5.74. The first-order valence-corrected chi connectivity index (χ1v) is 8.94. The van der Waals surface area contributed by atoms with Crippen molar-refractivity contribution in [3.63, 3.8) is 0 Å². The molecule has 2 aromatic carbocycles. The molecule has 28 heavy (non-hydrogen) atoms. The smallest absolute Gasteiger partial charge is 0.151 e. The summed E-state index contributed by atoms with van der Waals surface area (Å²) < 4.78 is 0. The number of benzene rings is 2. The summed E-state index contributed by atoms with van der Waals surface area (Å²) in [5.74, 6) is 6.49. The normalized spacial score (nSPS) is 16.2. The van der Waals surface area contributed by atoms with Gasteiger partial charge in [0.1, 0.15) is 24.4 Å². The molecular weight excluding hydrogens is 360 g/mol. The highest BCUT2D eigenvalue weighted by atomic mass is 16.4. The molecule has 0 fully saturated rings. The molecule has 3 rings (SSSR count). The Morgan fingerprint density at radius 1 is 0.929 bits per heavy atom. The second kappa shape index (κ2) is 10.7. The van der Waals surface area contributed by atoms with E-state index in [1.54, 1.807) is 0 Å². The van der Waals surface area contributed by atoms with Crippen LogP contribution in [0.15, 0.2) is 48.5 Å². The largest absolute Gasteiger partial charge is 0.394 e. The lowest BCUT2D eigenvalue weighted by Gasteiger charge is -2.22. The lowest BCUT2D eigenvalue weighted by atomic mass is 9.92. The Labute approximate surface area is 163 Å². The van der Waals surface area contributed by atoms with E-state index in [9.17, 15) is 4.79 Å². The zero-order valence-electron chi connectivity index (χ0n) is 15.3. The van der Waals surface area contributed by atoms with Gasteiger partial charge in [0.2, 0.25) is 0 Å². The van der Waals surface area contributed by atoms with Gasteiger partial charge < -0.3 is 30.3 Å². The van der Waals surface area contributed by atoms with Crippen molar-refractivity contribution < 1.29 is 30.3 Å². The molecule has 0 heterocycles. The second-order valence-electron chi connectivity index (χ2n) is 6.36. The van der Waals surface area contributed by atoms with Crippen LogP contribution in [0, 0.1) is 11.8 Å². The second-order valence-corrected chi connectivity index (χ2v) is 6.36. The van der Waals surface area contributed by atoms with Crippen molar-refractivity contribution in [3.8, 4) is 23.0 Å². The van der Waals surface area contributed by atoms with Gasteiger partial charge in [0, 0.05) is 12.0 Å². The number of aldehydes is 1. The first kappa shape index (κ1) is 21.8. The number of hydrogen-bond donors (Lipinski definition) is 5. The molecule has 0 saturated carbocycles. The Bertz CT molecular complexity index is 838. The Kier molecular flexibility index (Phi) is 8.33. The molecule has 5 N–H and O–H groups in total. The van der Waals surface area contributed by atoms with Gasteiger partial charge in [-0.2, -0.15) is 0 Å². The third-order valence-electron chi connectivity index (χ3n) is 4.40. The number of fused-ring (bicyclic) bond motifs is 3. The maximum Gasteiger partial charge on any atom is 0.151 e. The molecule has 6 heteroatoms. The van der Waals surface area contributed by atoms with E-state index in [4.69, 9.17) is 25.5 Å². The van der Waals surface area contributed by atoms with Crippen molar-refractivity contribution in [1.82, 2.24) is 0 Å². The fourth-order valence-electron chi connectivity index (χ4n) is 2.80. The average Bonchev–Trinajstić information content (AvgIpc) is 2.73. The number of aliphatic hydroxyl groups excluding tert-OH is 5. The predicted octanol–water partition coefficient (Wildman–Crippen LogP) is 0.272. The molecule has 0 spiro atoms. The third kappa shape index (κ3) is 5.49. The van der Waals surface area contributed by atoms with E-state index in [0.29, 0.717) is 0 Å². The summed E-state index contributed by atoms with van der Waals surface area (Å²) in [5.41, 5.74) is 5.16. The molecule has 0 amide bonds. The van der Waals surface area contributed by atoms with Crippen molar-refractivity contribution in [1.29, 1.82) is 0 Å². The third-order valence-corrected chi connectivity index (χ3v) is 4.40. The van der Waals surface area contributed by atoms with Gasteiger partial charge in [-0.1, -0.05) is 54.3 Å². The predicted molar refractivity (Wildman–Crippen MR) is 104 cm³/mol. The quantitative estimate of drug-likeness (QED) is 0.373. The zero-order valence-corrected chi connectivity index (χ0v) is 15.3. The Hall–Kier alpha value is -2.53. The van der Waals surface area contributed by atoms with Gasteiger partial charge in [0.25, 0.3) is 0 Å². The molecule has 148 valence electrons. The molecule has 6 nitrogen and oxygen atoms in total. The lowest BCUT2D eigenvalue weighted by molar-refractivity contribution is -0.136. The summed E-state index contributed by atoms with van der Waals surface area (Å²) in [7, 11) is 0. The monoisotopic (exact) mass is 384 g/mol. The minimum absolute atomic E-state index is 0.0258. The van der Waals surface area contributed by atoms with Gasteiger partial charge >= 0.3 is 0 Å². The molecule has 0 aromatic heterocycles. The molecule has 0 saturated heterocycles. The maximum absolute atomic E-state index is 9.90. The number of rotatable bonds is 5. The van der Waals surface area contributed by atoms with Gasteiger partial charge in [0.15, 0.2) is 6.29 Å². The minimum atomic E-state index is -1.79. The van der Waals surface area contributed by atoms with E-state index in [1.165, 1.54) is 16.7 Å². The van der Waals surface area contributed by atoms with E-state index in [1.807, 2.05) is 0 Å². The zero-order chi connectivity index (χ0) is 20.5. The molecule has 4 atom stereocenters. The van der Waals surface area contributed by atoms with Crippen LogP contribution in [-0.2, 0) is 11.2 Å². The van der Waals surface area contributed by atoms with Gasteiger partial charge in [-0.25, -0.2) is 0 Å². The Balaban J connectivity index is 0.000000211. The number of aryl methyl sites for hydroxylation is 1. The molecule has 0 radical (unpaired) electrons. The van der Waals surface area contributed by atoms with Crippen LogP contribution in [0.3, 0.4) is 0 Å². The van der Waals surface area contributed by atoms with Crippen LogP contribution >= 0.6 is 0 Å². The fraction of sp³-hybridized carbons (Fsp3) is 0.318. The van der Waals surface area contributed by atoms with Crippen molar-refractivity contribution in [2.75, 3.05) is 6.61 Å². The molecule has 1 aliphatic rings. The minimum Gasteiger partial charge on any atom is -0.394 e. The molecular formula is C22H24O6. The van der Waals surface area contributed by atoms with E-state index < -0.39 is 31.0 Å². The van der Waals surface area contributed by atoms with Crippen LogP contribution < -0.4 is 0 Å². The molecule has 1 aliphatic carbocycles. The van der Waals surface area contributed by atoms with Gasteiger partial charge in [-0.3, -0.25) is 0 Å². The fourth-order valence-corrected chi connectivity index (χ4v) is 2.80. The number of carbonyl (C=O) groups excluding carboxylic acids is 1. The number of hydrogen-bond acceptors (Lipinski definition) is 6. The van der Waals surface area contributed by atoms with E-state index in [-0.39, 0.29) is 6.29 Å². The Morgan fingerprint density at radius 3 is 2.25 bits per heavy atom. The summed E-state index contributed by atoms with van der Waals surface area (Å²) in [5, 5.41) is 43.5. The topological polar surface area (TPSA) is 118 Å². The summed E-state index contributed by atoms with van der Waals surface area (Å²) in [6, 6.07) is 17.0. The van der Waals surface area contributed by atoms with Crippen LogP contribution in [0.1, 0.15) is 17.5 Å². The van der Waals surface area contributed by atoms with Gasteiger partial charge in [0.05, 0.1) is 6.61 Å². The van der Waals surface area contributed by atoms with Crippen molar-refractivity contribution in [2.24, 2.45) is 0 Å². The van der Waals surface area contributed by atoms with E-state index in [2.05, 4.69) is 60.4 Å². The highest BCUT2D eigenvalue weighted by Crippen LogP contribution is 2.28. The summed E-state index contributed by atoms with van der Waals surface area (Å²) >= 11 is 0. The Morgan fingerprint density at radius 2 is 1.57 bits per heavy atom. The van der Waals surface area contributed by atoms with E-state index in [0.717, 1.165) is 18.4 Å². The van der Waals surface area contributed by atoms with Crippen molar-refractivity contribution in [3.05, 3.63) is 59.7 Å². The maximum atomic E-state index is 9.90. The SMILES string of the molecule is C1#Cc2ccccc2-c2ccccc2CC1.O=CC(O)C(O)C(O)C(O)CO. The average molecular weight is 384 g/mol. The van der Waals surface area contributed by atoms with Gasteiger partial charge in [-0.05, 0) is 29.2 Å². The molecule has 0 aliphatic heterocycles. The lowest BCUT2D eigenvalue weighted by Crippen LogP contribution is -2.46. The van der Waals surface area contributed by atoms with Crippen LogP contribution in [0.25, 0.3) is 11.1 Å². The summed E-state index contributed by atoms with van der Waals surface area (Å²) in [4.78, 5) is 9.90. The molecule has 4 unspecified atom stereocenters. The first-order chi connectivity index (χ1) is 13.5. The van der Waals surface area contributed by atoms with Crippen LogP contribution in [-0.4, -0.2) is 62.8 Å². The molecule has 0 bridgehead atoms. The number of aliphatic hydroxyl groups is 5. The molecule has 2 aromatic rings. The summed E-state index contributed by atoms with van der Waals surface area (Å²) in [6.07, 6.45) is -4.84. The first-order valence-electron chi connectivity index (χ1n) is 8.94. The highest BCUT2D eigenvalue weighted by Gasteiger charge is 2.29. The van der Waals surface area contributed by atoms with Gasteiger partial charge in [-0.15, -0.1) is 0 Å². The summed E-state index contributed by atoms with van der Waals surface area (Å²) in [6.45, 7) is -0.760. The van der Waals surface area contributed by atoms with Crippen molar-refractivity contribution >= 4 is 6.29 Å². The van der Waals surface area contributed by atoms with Crippen LogP contribution in [0.5, 0.6) is 0 Å². The van der Waals surface area contributed by atoms with Crippen LogP contribution in [0.4, 0.5) is 0 Å². The van der Waals surface area contributed by atoms with Crippen molar-refractivity contribution in [2.45, 2.75) is 37.3 Å².